The number of esters is 1. The SMILES string of the molecule is CC[C@](Oc1ccccc1-n1cccc1)(C(=O)OC)c1ccc(C)cc1. The molecule has 4 nitrogen and oxygen atoms in total. The first-order valence-corrected chi connectivity index (χ1v) is 8.67. The molecule has 0 spiro atoms. The number of methoxy groups -OCH3 is 1. The molecule has 0 saturated heterocycles. The maximum Gasteiger partial charge on any atom is 0.354 e. The lowest BCUT2D eigenvalue weighted by Crippen LogP contribution is -2.42. The number of carbonyl (C=O) groups excluding carboxylic acids is 1. The summed E-state index contributed by atoms with van der Waals surface area (Å²) in [6, 6.07) is 19.4. The van der Waals surface area contributed by atoms with Gasteiger partial charge in [-0.1, -0.05) is 48.9 Å². The standard InChI is InChI=1S/C22H23NO3/c1-4-22(21(24)25-3,18-13-11-17(2)12-14-18)26-20-10-6-5-9-19(20)23-15-7-8-16-23/h5-16H,4H2,1-3H3/t22-/m1/s1. The van der Waals surface area contributed by atoms with Crippen LogP contribution in [0.25, 0.3) is 5.69 Å². The van der Waals surface area contributed by atoms with Crippen LogP contribution >= 0.6 is 0 Å². The zero-order chi connectivity index (χ0) is 18.6. The molecule has 0 aliphatic carbocycles. The number of benzene rings is 2. The summed E-state index contributed by atoms with van der Waals surface area (Å²) in [4.78, 5) is 12.8. The molecule has 1 atom stereocenters. The van der Waals surface area contributed by atoms with Crippen LogP contribution in [-0.4, -0.2) is 17.6 Å². The number of hydrogen-bond donors (Lipinski definition) is 0. The highest BCUT2D eigenvalue weighted by atomic mass is 16.6. The third-order valence-electron chi connectivity index (χ3n) is 4.56. The Bertz CT molecular complexity index is 869. The molecule has 0 saturated carbocycles. The molecule has 0 unspecified atom stereocenters. The summed E-state index contributed by atoms with van der Waals surface area (Å²) < 4.78 is 13.5. The highest BCUT2D eigenvalue weighted by molar-refractivity contribution is 5.82. The largest absolute Gasteiger partial charge is 0.469 e. The Hall–Kier alpha value is -3.01. The van der Waals surface area contributed by atoms with E-state index in [9.17, 15) is 4.79 Å². The van der Waals surface area contributed by atoms with Gasteiger partial charge in [-0.05, 0) is 37.6 Å². The van der Waals surface area contributed by atoms with E-state index < -0.39 is 11.6 Å². The number of hydrogen-bond acceptors (Lipinski definition) is 3. The zero-order valence-electron chi connectivity index (χ0n) is 15.3. The summed E-state index contributed by atoms with van der Waals surface area (Å²) >= 11 is 0. The van der Waals surface area contributed by atoms with Crippen molar-refractivity contribution in [3.8, 4) is 11.4 Å². The van der Waals surface area contributed by atoms with Crippen molar-refractivity contribution in [2.75, 3.05) is 7.11 Å². The summed E-state index contributed by atoms with van der Waals surface area (Å²) in [6.07, 6.45) is 4.34. The molecular weight excluding hydrogens is 326 g/mol. The van der Waals surface area contributed by atoms with Gasteiger partial charge in [0.1, 0.15) is 5.75 Å². The number of rotatable bonds is 6. The first-order valence-electron chi connectivity index (χ1n) is 8.67. The summed E-state index contributed by atoms with van der Waals surface area (Å²) in [5, 5.41) is 0. The molecule has 26 heavy (non-hydrogen) atoms. The van der Waals surface area contributed by atoms with E-state index in [-0.39, 0.29) is 0 Å². The second kappa shape index (κ2) is 7.48. The molecule has 1 aromatic heterocycles. The molecular formula is C22H23NO3. The first kappa shape index (κ1) is 17.8. The number of aromatic nitrogens is 1. The predicted molar refractivity (Wildman–Crippen MR) is 102 cm³/mol. The molecule has 0 fully saturated rings. The maximum absolute atomic E-state index is 12.8. The van der Waals surface area contributed by atoms with Gasteiger partial charge in [-0.2, -0.15) is 0 Å². The van der Waals surface area contributed by atoms with Crippen LogP contribution in [0.5, 0.6) is 5.75 Å². The van der Waals surface area contributed by atoms with E-state index >= 15 is 0 Å². The third kappa shape index (κ3) is 3.23. The van der Waals surface area contributed by atoms with Crippen LogP contribution in [-0.2, 0) is 15.1 Å². The molecule has 0 aliphatic heterocycles. The quantitative estimate of drug-likeness (QED) is 0.609. The summed E-state index contributed by atoms with van der Waals surface area (Å²) in [5.41, 5.74) is 1.56. The van der Waals surface area contributed by atoms with Gasteiger partial charge in [0, 0.05) is 18.0 Å². The molecule has 0 amide bonds. The van der Waals surface area contributed by atoms with Gasteiger partial charge in [-0.15, -0.1) is 0 Å². The molecule has 0 aliphatic rings. The van der Waals surface area contributed by atoms with E-state index in [1.54, 1.807) is 0 Å². The number of ether oxygens (including phenoxy) is 2. The number of nitrogens with zero attached hydrogens (tertiary/aromatic N) is 1. The lowest BCUT2D eigenvalue weighted by Gasteiger charge is -2.32. The molecule has 4 heteroatoms. The number of aryl methyl sites for hydroxylation is 1. The highest BCUT2D eigenvalue weighted by Crippen LogP contribution is 2.36. The van der Waals surface area contributed by atoms with E-state index in [4.69, 9.17) is 9.47 Å². The Morgan fingerprint density at radius 1 is 1.00 bits per heavy atom. The van der Waals surface area contributed by atoms with Crippen LogP contribution in [0.1, 0.15) is 24.5 Å². The Morgan fingerprint density at radius 2 is 1.65 bits per heavy atom. The summed E-state index contributed by atoms with van der Waals surface area (Å²) in [7, 11) is 1.39. The van der Waals surface area contributed by atoms with E-state index in [1.165, 1.54) is 7.11 Å². The van der Waals surface area contributed by atoms with Gasteiger partial charge in [0.15, 0.2) is 0 Å². The number of para-hydroxylation sites is 2. The summed E-state index contributed by atoms with van der Waals surface area (Å²) in [6.45, 7) is 3.94. The van der Waals surface area contributed by atoms with Crippen molar-refractivity contribution in [3.05, 3.63) is 84.2 Å². The normalized spacial score (nSPS) is 13.0. The lowest BCUT2D eigenvalue weighted by molar-refractivity contribution is -0.160. The van der Waals surface area contributed by atoms with Gasteiger partial charge in [0.2, 0.25) is 5.60 Å². The van der Waals surface area contributed by atoms with Crippen molar-refractivity contribution in [1.29, 1.82) is 0 Å². The molecule has 134 valence electrons. The average molecular weight is 349 g/mol. The average Bonchev–Trinajstić information content (AvgIpc) is 3.21. The Morgan fingerprint density at radius 3 is 2.27 bits per heavy atom. The number of carbonyl (C=O) groups is 1. The van der Waals surface area contributed by atoms with Crippen molar-refractivity contribution in [1.82, 2.24) is 4.57 Å². The van der Waals surface area contributed by atoms with Gasteiger partial charge in [-0.3, -0.25) is 0 Å². The molecule has 0 N–H and O–H groups in total. The Kier molecular flexibility index (Phi) is 5.12. The van der Waals surface area contributed by atoms with Crippen LogP contribution < -0.4 is 4.74 Å². The fourth-order valence-corrected chi connectivity index (χ4v) is 3.07. The Labute approximate surface area is 154 Å². The molecule has 1 heterocycles. The smallest absolute Gasteiger partial charge is 0.354 e. The molecule has 3 aromatic rings. The second-order valence-corrected chi connectivity index (χ2v) is 6.20. The van der Waals surface area contributed by atoms with Crippen LogP contribution in [0, 0.1) is 6.92 Å². The first-order chi connectivity index (χ1) is 12.6. The molecule has 2 aromatic carbocycles. The van der Waals surface area contributed by atoms with Crippen LogP contribution in [0.2, 0.25) is 0 Å². The lowest BCUT2D eigenvalue weighted by atomic mass is 9.90. The summed E-state index contributed by atoms with van der Waals surface area (Å²) in [5.74, 6) is 0.211. The zero-order valence-corrected chi connectivity index (χ0v) is 15.3. The van der Waals surface area contributed by atoms with Crippen molar-refractivity contribution in [3.63, 3.8) is 0 Å². The van der Waals surface area contributed by atoms with Crippen molar-refractivity contribution in [2.24, 2.45) is 0 Å². The van der Waals surface area contributed by atoms with Crippen LogP contribution in [0.15, 0.2) is 73.1 Å². The van der Waals surface area contributed by atoms with E-state index in [2.05, 4.69) is 0 Å². The Balaban J connectivity index is 2.10. The van der Waals surface area contributed by atoms with Crippen molar-refractivity contribution < 1.29 is 14.3 Å². The van der Waals surface area contributed by atoms with E-state index in [0.717, 1.165) is 16.8 Å². The van der Waals surface area contributed by atoms with Gasteiger partial charge in [0.05, 0.1) is 12.8 Å². The van der Waals surface area contributed by atoms with Gasteiger partial charge < -0.3 is 14.0 Å². The minimum Gasteiger partial charge on any atom is -0.469 e. The monoisotopic (exact) mass is 349 g/mol. The predicted octanol–water partition coefficient (Wildman–Crippen LogP) is 4.64. The second-order valence-electron chi connectivity index (χ2n) is 6.20. The van der Waals surface area contributed by atoms with E-state index in [0.29, 0.717) is 12.2 Å². The minimum atomic E-state index is -1.20. The van der Waals surface area contributed by atoms with Gasteiger partial charge in [0.25, 0.3) is 0 Å². The molecule has 0 radical (unpaired) electrons. The van der Waals surface area contributed by atoms with Gasteiger partial charge >= 0.3 is 5.97 Å². The fourth-order valence-electron chi connectivity index (χ4n) is 3.07. The molecule has 0 bridgehead atoms. The molecule has 3 rings (SSSR count). The van der Waals surface area contributed by atoms with Crippen molar-refractivity contribution >= 4 is 5.97 Å². The maximum atomic E-state index is 12.8. The highest BCUT2D eigenvalue weighted by Gasteiger charge is 2.43. The van der Waals surface area contributed by atoms with Gasteiger partial charge in [-0.25, -0.2) is 4.79 Å². The van der Waals surface area contributed by atoms with Crippen molar-refractivity contribution in [2.45, 2.75) is 25.9 Å². The van der Waals surface area contributed by atoms with Crippen LogP contribution in [0.4, 0.5) is 0 Å². The minimum absolute atomic E-state index is 0.411. The van der Waals surface area contributed by atoms with Crippen LogP contribution in [0.3, 0.4) is 0 Å². The third-order valence-corrected chi connectivity index (χ3v) is 4.56. The fraction of sp³-hybridized carbons (Fsp3) is 0.227. The topological polar surface area (TPSA) is 40.5 Å². The van der Waals surface area contributed by atoms with E-state index in [1.807, 2.05) is 91.5 Å².